The lowest BCUT2D eigenvalue weighted by molar-refractivity contribution is -0.0120. The second-order valence-corrected chi connectivity index (χ2v) is 9.56. The Bertz CT molecular complexity index is 698. The highest BCUT2D eigenvalue weighted by molar-refractivity contribution is 7.99. The highest BCUT2D eigenvalue weighted by atomic mass is 32.2. The van der Waals surface area contributed by atoms with Crippen molar-refractivity contribution >= 4 is 17.7 Å². The van der Waals surface area contributed by atoms with E-state index in [1.165, 1.54) is 23.5 Å². The number of nitrogens with zero attached hydrogens (tertiary/aromatic N) is 2. The van der Waals surface area contributed by atoms with Gasteiger partial charge in [0.1, 0.15) is 5.75 Å². The quantitative estimate of drug-likeness (QED) is 0.485. The van der Waals surface area contributed by atoms with Crippen molar-refractivity contribution in [3.63, 3.8) is 0 Å². The van der Waals surface area contributed by atoms with Crippen molar-refractivity contribution < 1.29 is 9.47 Å². The van der Waals surface area contributed by atoms with Gasteiger partial charge in [0.25, 0.3) is 0 Å². The normalized spacial score (nSPS) is 23.0. The van der Waals surface area contributed by atoms with Crippen molar-refractivity contribution in [3.05, 3.63) is 29.3 Å². The smallest absolute Gasteiger partial charge is 0.191 e. The van der Waals surface area contributed by atoms with Crippen LogP contribution in [-0.4, -0.2) is 73.4 Å². The van der Waals surface area contributed by atoms with E-state index in [0.717, 1.165) is 56.7 Å². The van der Waals surface area contributed by atoms with Crippen molar-refractivity contribution in [2.45, 2.75) is 52.3 Å². The lowest BCUT2D eigenvalue weighted by Crippen LogP contribution is -2.60. The third-order valence-electron chi connectivity index (χ3n) is 5.69. The van der Waals surface area contributed by atoms with Gasteiger partial charge in [-0.15, -0.1) is 0 Å². The van der Waals surface area contributed by atoms with Gasteiger partial charge in [-0.2, -0.15) is 11.8 Å². The van der Waals surface area contributed by atoms with Crippen LogP contribution >= 0.6 is 11.8 Å². The third-order valence-corrected chi connectivity index (χ3v) is 6.92. The largest absolute Gasteiger partial charge is 0.491 e. The van der Waals surface area contributed by atoms with E-state index in [0.29, 0.717) is 6.54 Å². The lowest BCUT2D eigenvalue weighted by Gasteiger charge is -2.43. The van der Waals surface area contributed by atoms with Crippen LogP contribution in [0.2, 0.25) is 0 Å². The molecule has 2 N–H and O–H groups in total. The number of guanidine groups is 1. The molecule has 2 saturated heterocycles. The molecule has 2 aliphatic rings. The van der Waals surface area contributed by atoms with Gasteiger partial charge in [0.2, 0.25) is 0 Å². The van der Waals surface area contributed by atoms with Crippen LogP contribution in [0.5, 0.6) is 5.75 Å². The van der Waals surface area contributed by atoms with Gasteiger partial charge in [-0.25, -0.2) is 4.99 Å². The number of aliphatic imine (C=N–C) groups is 1. The molecule has 0 amide bonds. The molecule has 1 aromatic rings. The van der Waals surface area contributed by atoms with E-state index < -0.39 is 0 Å². The Morgan fingerprint density at radius 3 is 2.77 bits per heavy atom. The summed E-state index contributed by atoms with van der Waals surface area (Å²) in [7, 11) is 0. The molecule has 1 atom stereocenters. The number of benzene rings is 1. The summed E-state index contributed by atoms with van der Waals surface area (Å²) in [6, 6.07) is 6.36. The summed E-state index contributed by atoms with van der Waals surface area (Å²) in [6.07, 6.45) is 1.36. The molecule has 2 aliphatic heterocycles. The second kappa shape index (κ2) is 11.3. The fourth-order valence-corrected chi connectivity index (χ4v) is 5.52. The minimum absolute atomic E-state index is 0.147. The predicted molar refractivity (Wildman–Crippen MR) is 127 cm³/mol. The first kappa shape index (κ1) is 23.2. The molecule has 2 fully saturated rings. The highest BCUT2D eigenvalue weighted by Crippen LogP contribution is 2.33. The van der Waals surface area contributed by atoms with Crippen LogP contribution < -0.4 is 15.4 Å². The molecule has 7 heteroatoms. The number of ether oxygens (including phenoxy) is 2. The SMILES string of the molecule is CCNC(=NCc1ccc(C)cc1OC(C)C)NCC1(N2CCOCC2)CCSC1. The second-order valence-electron chi connectivity index (χ2n) is 8.45. The van der Waals surface area contributed by atoms with E-state index in [9.17, 15) is 0 Å². The predicted octanol–water partition coefficient (Wildman–Crippen LogP) is 3.05. The first-order valence-corrected chi connectivity index (χ1v) is 12.4. The molecule has 1 unspecified atom stereocenters. The minimum atomic E-state index is 0.147. The Hall–Kier alpha value is -1.44. The number of hydrogen-bond acceptors (Lipinski definition) is 5. The zero-order valence-electron chi connectivity index (χ0n) is 19.0. The molecule has 0 bridgehead atoms. The number of hydrogen-bond donors (Lipinski definition) is 2. The van der Waals surface area contributed by atoms with Crippen molar-refractivity contribution in [1.29, 1.82) is 0 Å². The Labute approximate surface area is 186 Å². The van der Waals surface area contributed by atoms with Crippen LogP contribution in [0.15, 0.2) is 23.2 Å². The van der Waals surface area contributed by atoms with Crippen LogP contribution in [0.3, 0.4) is 0 Å². The first-order chi connectivity index (χ1) is 14.5. The molecule has 0 spiro atoms. The van der Waals surface area contributed by atoms with Crippen molar-refractivity contribution in [2.75, 3.05) is 50.9 Å². The maximum atomic E-state index is 6.02. The van der Waals surface area contributed by atoms with Gasteiger partial charge < -0.3 is 20.1 Å². The molecular formula is C23H38N4O2S. The molecule has 0 radical (unpaired) electrons. The highest BCUT2D eigenvalue weighted by Gasteiger charge is 2.40. The summed E-state index contributed by atoms with van der Waals surface area (Å²) in [5, 5.41) is 7.06. The Morgan fingerprint density at radius 1 is 1.30 bits per heavy atom. The Kier molecular flexibility index (Phi) is 8.72. The van der Waals surface area contributed by atoms with E-state index in [2.05, 4.69) is 73.2 Å². The van der Waals surface area contributed by atoms with Gasteiger partial charge in [0, 0.05) is 43.0 Å². The summed E-state index contributed by atoms with van der Waals surface area (Å²) in [5.74, 6) is 4.20. The van der Waals surface area contributed by atoms with Crippen molar-refractivity contribution in [2.24, 2.45) is 4.99 Å². The number of nitrogens with one attached hydrogen (secondary N) is 2. The van der Waals surface area contributed by atoms with Crippen LogP contribution in [0, 0.1) is 6.92 Å². The average molecular weight is 435 g/mol. The third kappa shape index (κ3) is 6.28. The van der Waals surface area contributed by atoms with E-state index >= 15 is 0 Å². The summed E-state index contributed by atoms with van der Waals surface area (Å²) in [4.78, 5) is 7.51. The fourth-order valence-electron chi connectivity index (χ4n) is 4.05. The molecule has 0 saturated carbocycles. The van der Waals surface area contributed by atoms with E-state index in [-0.39, 0.29) is 11.6 Å². The number of thioether (sulfide) groups is 1. The summed E-state index contributed by atoms with van der Waals surface area (Å²) in [5.41, 5.74) is 2.51. The molecule has 2 heterocycles. The van der Waals surface area contributed by atoms with Gasteiger partial charge in [-0.3, -0.25) is 4.90 Å². The maximum Gasteiger partial charge on any atom is 0.191 e. The fraction of sp³-hybridized carbons (Fsp3) is 0.696. The van der Waals surface area contributed by atoms with Gasteiger partial charge in [-0.05, 0) is 51.5 Å². The van der Waals surface area contributed by atoms with Gasteiger partial charge in [-0.1, -0.05) is 12.1 Å². The van der Waals surface area contributed by atoms with Crippen LogP contribution in [0.25, 0.3) is 0 Å². The zero-order valence-corrected chi connectivity index (χ0v) is 19.8. The van der Waals surface area contributed by atoms with Gasteiger partial charge in [0.05, 0.1) is 25.9 Å². The van der Waals surface area contributed by atoms with Crippen molar-refractivity contribution in [1.82, 2.24) is 15.5 Å². The molecule has 168 valence electrons. The van der Waals surface area contributed by atoms with Gasteiger partial charge in [0.15, 0.2) is 5.96 Å². The molecular weight excluding hydrogens is 396 g/mol. The Morgan fingerprint density at radius 2 is 2.10 bits per heavy atom. The molecule has 3 rings (SSSR count). The zero-order chi connectivity index (χ0) is 21.4. The van der Waals surface area contributed by atoms with Gasteiger partial charge >= 0.3 is 0 Å². The van der Waals surface area contributed by atoms with Crippen LogP contribution in [0.1, 0.15) is 38.3 Å². The number of aryl methyl sites for hydroxylation is 1. The molecule has 0 aromatic heterocycles. The van der Waals surface area contributed by atoms with E-state index in [1.54, 1.807) is 0 Å². The molecule has 6 nitrogen and oxygen atoms in total. The summed E-state index contributed by atoms with van der Waals surface area (Å²) >= 11 is 2.06. The first-order valence-electron chi connectivity index (χ1n) is 11.2. The number of rotatable bonds is 8. The van der Waals surface area contributed by atoms with E-state index in [4.69, 9.17) is 14.5 Å². The molecule has 1 aromatic carbocycles. The maximum absolute atomic E-state index is 6.02. The molecule has 30 heavy (non-hydrogen) atoms. The van der Waals surface area contributed by atoms with Crippen LogP contribution in [0.4, 0.5) is 0 Å². The Balaban J connectivity index is 1.69. The monoisotopic (exact) mass is 434 g/mol. The number of morpholine rings is 1. The standard InChI is InChI=1S/C23H38N4O2S/c1-5-24-22(25-15-20-7-6-19(4)14-21(20)29-18(2)3)26-16-23(8-13-30-17-23)27-9-11-28-12-10-27/h6-7,14,18H,5,8-13,15-17H2,1-4H3,(H2,24,25,26). The lowest BCUT2D eigenvalue weighted by atomic mass is 9.95. The molecule has 0 aliphatic carbocycles. The summed E-state index contributed by atoms with van der Waals surface area (Å²) in [6.45, 7) is 14.4. The van der Waals surface area contributed by atoms with Crippen molar-refractivity contribution in [3.8, 4) is 5.75 Å². The minimum Gasteiger partial charge on any atom is -0.491 e. The summed E-state index contributed by atoms with van der Waals surface area (Å²) < 4.78 is 11.6. The van der Waals surface area contributed by atoms with Crippen LogP contribution in [-0.2, 0) is 11.3 Å². The average Bonchev–Trinajstić information content (AvgIpc) is 3.22. The van der Waals surface area contributed by atoms with E-state index in [1.807, 2.05) is 0 Å². The topological polar surface area (TPSA) is 58.1 Å².